The zero-order valence-electron chi connectivity index (χ0n) is 18.5. The number of carbonyl (C=O) groups is 2. The van der Waals surface area contributed by atoms with E-state index in [1.807, 2.05) is 0 Å². The number of esters is 1. The molecule has 0 saturated heterocycles. The number of aryl methyl sites for hydroxylation is 1. The molecule has 174 valence electrons. The summed E-state index contributed by atoms with van der Waals surface area (Å²) in [6, 6.07) is 3.57. The summed E-state index contributed by atoms with van der Waals surface area (Å²) in [5, 5.41) is 12.4. The van der Waals surface area contributed by atoms with Crippen LogP contribution >= 0.6 is 11.6 Å². The Hall–Kier alpha value is -2.87. The average Bonchev–Trinajstić information content (AvgIpc) is 2.61. The van der Waals surface area contributed by atoms with Crippen LogP contribution in [0.4, 0.5) is 13.6 Å². The van der Waals surface area contributed by atoms with Gasteiger partial charge in [-0.15, -0.1) is 0 Å². The van der Waals surface area contributed by atoms with E-state index < -0.39 is 41.8 Å². The van der Waals surface area contributed by atoms with Crippen molar-refractivity contribution in [3.63, 3.8) is 0 Å². The molecule has 2 N–H and O–H groups in total. The largest absolute Gasteiger partial charge is 0.507 e. The maximum atomic E-state index is 15.0. The van der Waals surface area contributed by atoms with E-state index in [4.69, 9.17) is 21.1 Å². The second-order valence-electron chi connectivity index (χ2n) is 8.19. The summed E-state index contributed by atoms with van der Waals surface area (Å²) in [5.74, 6) is -2.53. The standard InChI is InChI=1S/C23H26ClF2NO5/c1-6-31-19(29)11-17(27-22(30)32-23(3,4)5)15-8-13(9-16(24)21(15)26)20-12(2)7-14(25)10-18(20)28/h7-10,17,28H,6,11H2,1-5H3,(H,27,30)/t17-/m0/s1. The first-order valence-corrected chi connectivity index (χ1v) is 10.3. The number of amides is 1. The lowest BCUT2D eigenvalue weighted by molar-refractivity contribution is -0.143. The van der Waals surface area contributed by atoms with Crippen LogP contribution in [0, 0.1) is 18.6 Å². The molecule has 2 aromatic carbocycles. The molecule has 0 aliphatic rings. The number of rotatable bonds is 6. The van der Waals surface area contributed by atoms with Crippen molar-refractivity contribution in [3.05, 3.63) is 52.0 Å². The Morgan fingerprint density at radius 3 is 2.41 bits per heavy atom. The fourth-order valence-corrected chi connectivity index (χ4v) is 3.41. The minimum Gasteiger partial charge on any atom is -0.507 e. The molecule has 32 heavy (non-hydrogen) atoms. The molecule has 2 aromatic rings. The quantitative estimate of drug-likeness (QED) is 0.521. The monoisotopic (exact) mass is 469 g/mol. The van der Waals surface area contributed by atoms with Crippen LogP contribution in [0.5, 0.6) is 5.75 Å². The van der Waals surface area contributed by atoms with Crippen LogP contribution in [-0.4, -0.2) is 29.4 Å². The van der Waals surface area contributed by atoms with E-state index in [0.29, 0.717) is 5.56 Å². The number of hydrogen-bond donors (Lipinski definition) is 2. The van der Waals surface area contributed by atoms with Gasteiger partial charge in [-0.3, -0.25) is 4.79 Å². The Kier molecular flexibility index (Phi) is 8.07. The van der Waals surface area contributed by atoms with Gasteiger partial charge in [0.25, 0.3) is 0 Å². The molecule has 0 radical (unpaired) electrons. The number of halogens is 3. The summed E-state index contributed by atoms with van der Waals surface area (Å²) in [4.78, 5) is 24.5. The van der Waals surface area contributed by atoms with Gasteiger partial charge in [-0.25, -0.2) is 13.6 Å². The van der Waals surface area contributed by atoms with Crippen molar-refractivity contribution in [2.24, 2.45) is 0 Å². The predicted molar refractivity (Wildman–Crippen MR) is 117 cm³/mol. The van der Waals surface area contributed by atoms with Crippen molar-refractivity contribution in [3.8, 4) is 16.9 Å². The highest BCUT2D eigenvalue weighted by molar-refractivity contribution is 6.31. The van der Waals surface area contributed by atoms with Crippen LogP contribution in [0.1, 0.15) is 51.3 Å². The number of hydrogen-bond acceptors (Lipinski definition) is 5. The molecule has 1 amide bonds. The van der Waals surface area contributed by atoms with E-state index in [0.717, 1.165) is 6.07 Å². The van der Waals surface area contributed by atoms with Gasteiger partial charge < -0.3 is 19.9 Å². The van der Waals surface area contributed by atoms with Crippen molar-refractivity contribution < 1.29 is 33.0 Å². The zero-order chi connectivity index (χ0) is 24.2. The van der Waals surface area contributed by atoms with Crippen molar-refractivity contribution in [2.75, 3.05) is 6.61 Å². The van der Waals surface area contributed by atoms with E-state index in [9.17, 15) is 19.1 Å². The average molecular weight is 470 g/mol. The van der Waals surface area contributed by atoms with Crippen molar-refractivity contribution in [2.45, 2.75) is 52.7 Å². The summed E-state index contributed by atoms with van der Waals surface area (Å²) < 4.78 is 38.8. The molecule has 2 rings (SSSR count). The third-order valence-electron chi connectivity index (χ3n) is 4.37. The van der Waals surface area contributed by atoms with E-state index in [2.05, 4.69) is 5.32 Å². The number of nitrogens with one attached hydrogen (secondary N) is 1. The first kappa shape index (κ1) is 25.4. The number of ether oxygens (including phenoxy) is 2. The van der Waals surface area contributed by atoms with Gasteiger partial charge in [0.15, 0.2) is 0 Å². The van der Waals surface area contributed by atoms with Gasteiger partial charge in [0.1, 0.15) is 23.0 Å². The molecule has 0 bridgehead atoms. The minimum absolute atomic E-state index is 0.101. The Bertz CT molecular complexity index is 997. The first-order valence-electron chi connectivity index (χ1n) is 9.96. The number of phenols is 1. The highest BCUT2D eigenvalue weighted by Crippen LogP contribution is 2.38. The number of aromatic hydroxyl groups is 1. The number of carbonyl (C=O) groups excluding carboxylic acids is 2. The van der Waals surface area contributed by atoms with Crippen LogP contribution in [0.2, 0.25) is 5.02 Å². The second-order valence-corrected chi connectivity index (χ2v) is 8.59. The fourth-order valence-electron chi connectivity index (χ4n) is 3.18. The summed E-state index contributed by atoms with van der Waals surface area (Å²) in [6.45, 7) is 8.27. The van der Waals surface area contributed by atoms with Gasteiger partial charge >= 0.3 is 12.1 Å². The highest BCUT2D eigenvalue weighted by atomic mass is 35.5. The number of phenolic OH excluding ortho intramolecular Hbond substituents is 1. The smallest absolute Gasteiger partial charge is 0.408 e. The molecular weight excluding hydrogens is 444 g/mol. The molecule has 1 atom stereocenters. The lowest BCUT2D eigenvalue weighted by Crippen LogP contribution is -2.36. The normalized spacial score (nSPS) is 12.2. The molecule has 0 unspecified atom stereocenters. The minimum atomic E-state index is -1.18. The van der Waals surface area contributed by atoms with Gasteiger partial charge in [0.2, 0.25) is 0 Å². The third kappa shape index (κ3) is 6.56. The van der Waals surface area contributed by atoms with Crippen LogP contribution in [0.15, 0.2) is 24.3 Å². The molecule has 6 nitrogen and oxygen atoms in total. The molecule has 0 aliphatic carbocycles. The second kappa shape index (κ2) is 10.2. The predicted octanol–water partition coefficient (Wildman–Crippen LogP) is 5.82. The maximum Gasteiger partial charge on any atom is 0.408 e. The zero-order valence-corrected chi connectivity index (χ0v) is 19.3. The molecule has 0 spiro atoms. The van der Waals surface area contributed by atoms with E-state index in [1.54, 1.807) is 34.6 Å². The number of alkyl carbamates (subject to hydrolysis) is 1. The Morgan fingerprint density at radius 2 is 1.84 bits per heavy atom. The molecule has 0 aromatic heterocycles. The topological polar surface area (TPSA) is 84.9 Å². The van der Waals surface area contributed by atoms with Gasteiger partial charge in [-0.2, -0.15) is 0 Å². The number of benzene rings is 2. The Morgan fingerprint density at radius 1 is 1.19 bits per heavy atom. The van der Waals surface area contributed by atoms with Crippen LogP contribution < -0.4 is 5.32 Å². The molecular formula is C23H26ClF2NO5. The van der Waals surface area contributed by atoms with Crippen molar-refractivity contribution in [1.82, 2.24) is 5.32 Å². The first-order chi connectivity index (χ1) is 14.8. The van der Waals surface area contributed by atoms with Crippen LogP contribution in [-0.2, 0) is 14.3 Å². The van der Waals surface area contributed by atoms with E-state index in [-0.39, 0.29) is 34.1 Å². The van der Waals surface area contributed by atoms with Gasteiger partial charge in [-0.1, -0.05) is 11.6 Å². The molecule has 0 fully saturated rings. The summed E-state index contributed by atoms with van der Waals surface area (Å²) in [5.41, 5.74) is -0.0381. The lowest BCUT2D eigenvalue weighted by Gasteiger charge is -2.24. The third-order valence-corrected chi connectivity index (χ3v) is 4.64. The van der Waals surface area contributed by atoms with E-state index >= 15 is 4.39 Å². The SMILES string of the molecule is CCOC(=O)C[C@H](NC(=O)OC(C)(C)C)c1cc(-c2c(C)cc(F)cc2O)cc(Cl)c1F. The fraction of sp³-hybridized carbons (Fsp3) is 0.391. The molecule has 9 heteroatoms. The Balaban J connectivity index is 2.57. The van der Waals surface area contributed by atoms with Gasteiger partial charge in [-0.05, 0) is 63.9 Å². The van der Waals surface area contributed by atoms with E-state index in [1.165, 1.54) is 18.2 Å². The summed E-state index contributed by atoms with van der Waals surface area (Å²) >= 11 is 6.10. The highest BCUT2D eigenvalue weighted by Gasteiger charge is 2.27. The lowest BCUT2D eigenvalue weighted by atomic mass is 9.94. The van der Waals surface area contributed by atoms with Gasteiger partial charge in [0, 0.05) is 17.2 Å². The summed E-state index contributed by atoms with van der Waals surface area (Å²) in [6.07, 6.45) is -1.26. The molecule has 0 saturated carbocycles. The van der Waals surface area contributed by atoms with Crippen molar-refractivity contribution >= 4 is 23.7 Å². The van der Waals surface area contributed by atoms with Gasteiger partial charge in [0.05, 0.1) is 24.1 Å². The van der Waals surface area contributed by atoms with Crippen molar-refractivity contribution in [1.29, 1.82) is 0 Å². The molecule has 0 heterocycles. The Labute approximate surface area is 190 Å². The maximum absolute atomic E-state index is 15.0. The molecule has 0 aliphatic heterocycles. The summed E-state index contributed by atoms with van der Waals surface area (Å²) in [7, 11) is 0. The van der Waals surface area contributed by atoms with Crippen LogP contribution in [0.25, 0.3) is 11.1 Å². The van der Waals surface area contributed by atoms with Crippen LogP contribution in [0.3, 0.4) is 0 Å².